The van der Waals surface area contributed by atoms with Gasteiger partial charge >= 0.3 is 0 Å². The Labute approximate surface area is 112 Å². The lowest BCUT2D eigenvalue weighted by molar-refractivity contribution is -0.117. The Morgan fingerprint density at radius 3 is 2.74 bits per heavy atom. The normalized spacial score (nSPS) is 18.6. The van der Waals surface area contributed by atoms with Crippen molar-refractivity contribution in [1.82, 2.24) is 15.1 Å². The van der Waals surface area contributed by atoms with Gasteiger partial charge in [0.1, 0.15) is 0 Å². The Kier molecular flexibility index (Phi) is 3.99. The molecule has 6 nitrogen and oxygen atoms in total. The molecule has 0 aliphatic carbocycles. The summed E-state index contributed by atoms with van der Waals surface area (Å²) in [6.45, 7) is 4.63. The van der Waals surface area contributed by atoms with Crippen LogP contribution in [0.1, 0.15) is 34.6 Å². The molecule has 2 heterocycles. The lowest BCUT2D eigenvalue weighted by Gasteiger charge is -2.10. The SMILES string of the molecule is Cc1nn(C)c(C)c1C(=O)C(=O)NCC1CCCO1. The van der Waals surface area contributed by atoms with Crippen molar-refractivity contribution in [3.8, 4) is 0 Å². The summed E-state index contributed by atoms with van der Waals surface area (Å²) in [5, 5.41) is 6.78. The molecule has 1 saturated heterocycles. The van der Waals surface area contributed by atoms with Gasteiger partial charge in [0, 0.05) is 25.9 Å². The van der Waals surface area contributed by atoms with Crippen molar-refractivity contribution < 1.29 is 14.3 Å². The first-order chi connectivity index (χ1) is 9.00. The molecular weight excluding hydrogens is 246 g/mol. The molecule has 1 amide bonds. The van der Waals surface area contributed by atoms with E-state index in [2.05, 4.69) is 10.4 Å². The molecule has 1 unspecified atom stereocenters. The highest BCUT2D eigenvalue weighted by Gasteiger charge is 2.25. The molecule has 1 aliphatic heterocycles. The van der Waals surface area contributed by atoms with Crippen molar-refractivity contribution in [3.05, 3.63) is 17.0 Å². The van der Waals surface area contributed by atoms with Crippen molar-refractivity contribution >= 4 is 11.7 Å². The highest BCUT2D eigenvalue weighted by molar-refractivity contribution is 6.43. The molecule has 1 atom stereocenters. The second-order valence-electron chi connectivity index (χ2n) is 4.84. The second-order valence-corrected chi connectivity index (χ2v) is 4.84. The van der Waals surface area contributed by atoms with Gasteiger partial charge in [0.15, 0.2) is 0 Å². The lowest BCUT2D eigenvalue weighted by Crippen LogP contribution is -2.36. The first-order valence-corrected chi connectivity index (χ1v) is 6.45. The molecule has 1 N–H and O–H groups in total. The Bertz CT molecular complexity index is 501. The van der Waals surface area contributed by atoms with E-state index in [0.717, 1.165) is 19.4 Å². The molecule has 6 heteroatoms. The molecule has 1 fully saturated rings. The monoisotopic (exact) mass is 265 g/mol. The molecule has 0 aromatic carbocycles. The van der Waals surface area contributed by atoms with Gasteiger partial charge in [-0.15, -0.1) is 0 Å². The largest absolute Gasteiger partial charge is 0.376 e. The third kappa shape index (κ3) is 2.84. The van der Waals surface area contributed by atoms with Gasteiger partial charge in [0.2, 0.25) is 0 Å². The average Bonchev–Trinajstić information content (AvgIpc) is 2.96. The van der Waals surface area contributed by atoms with Crippen molar-refractivity contribution in [3.63, 3.8) is 0 Å². The van der Waals surface area contributed by atoms with Crippen molar-refractivity contribution in [1.29, 1.82) is 0 Å². The number of ketones is 1. The van der Waals surface area contributed by atoms with Crippen LogP contribution in [0.2, 0.25) is 0 Å². The molecule has 0 saturated carbocycles. The number of carbonyl (C=O) groups excluding carboxylic acids is 2. The summed E-state index contributed by atoms with van der Waals surface area (Å²) >= 11 is 0. The molecule has 0 radical (unpaired) electrons. The summed E-state index contributed by atoms with van der Waals surface area (Å²) in [6, 6.07) is 0. The fourth-order valence-electron chi connectivity index (χ4n) is 2.31. The van der Waals surface area contributed by atoms with Crippen LogP contribution in [0, 0.1) is 13.8 Å². The smallest absolute Gasteiger partial charge is 0.292 e. The summed E-state index contributed by atoms with van der Waals surface area (Å²) in [7, 11) is 1.75. The van der Waals surface area contributed by atoms with E-state index in [1.54, 1.807) is 25.6 Å². The number of carbonyl (C=O) groups is 2. The Morgan fingerprint density at radius 2 is 2.21 bits per heavy atom. The van der Waals surface area contributed by atoms with Gasteiger partial charge in [0.25, 0.3) is 11.7 Å². The first kappa shape index (κ1) is 13.7. The van der Waals surface area contributed by atoms with Crippen LogP contribution in [0.25, 0.3) is 0 Å². The van der Waals surface area contributed by atoms with E-state index >= 15 is 0 Å². The molecule has 2 rings (SSSR count). The predicted octanol–water partition coefficient (Wildman–Crippen LogP) is 0.515. The first-order valence-electron chi connectivity index (χ1n) is 6.45. The number of nitrogens with one attached hydrogen (secondary N) is 1. The van der Waals surface area contributed by atoms with Crippen LogP contribution in [0.5, 0.6) is 0 Å². The Hall–Kier alpha value is -1.69. The van der Waals surface area contributed by atoms with Gasteiger partial charge in [-0.1, -0.05) is 0 Å². The zero-order valence-electron chi connectivity index (χ0n) is 11.5. The van der Waals surface area contributed by atoms with Gasteiger partial charge in [-0.25, -0.2) is 0 Å². The summed E-state index contributed by atoms with van der Waals surface area (Å²) in [6.07, 6.45) is 1.97. The number of amides is 1. The maximum absolute atomic E-state index is 12.1. The third-order valence-electron chi connectivity index (χ3n) is 3.46. The minimum absolute atomic E-state index is 0.0350. The van der Waals surface area contributed by atoms with Gasteiger partial charge in [0.05, 0.1) is 17.4 Å². The molecule has 104 valence electrons. The zero-order valence-corrected chi connectivity index (χ0v) is 11.5. The van der Waals surface area contributed by atoms with Crippen molar-refractivity contribution in [2.75, 3.05) is 13.2 Å². The quantitative estimate of drug-likeness (QED) is 0.636. The van der Waals surface area contributed by atoms with Crippen molar-refractivity contribution in [2.24, 2.45) is 7.05 Å². The second kappa shape index (κ2) is 5.52. The van der Waals surface area contributed by atoms with Crippen LogP contribution in [0.15, 0.2) is 0 Å². The summed E-state index contributed by atoms with van der Waals surface area (Å²) < 4.78 is 7.00. The molecule has 1 aromatic rings. The fraction of sp³-hybridized carbons (Fsp3) is 0.615. The number of aryl methyl sites for hydroxylation is 2. The maximum Gasteiger partial charge on any atom is 0.292 e. The van der Waals surface area contributed by atoms with Crippen LogP contribution < -0.4 is 5.32 Å². The van der Waals surface area contributed by atoms with E-state index in [0.29, 0.717) is 23.5 Å². The molecule has 0 bridgehead atoms. The molecule has 1 aromatic heterocycles. The van der Waals surface area contributed by atoms with Gasteiger partial charge in [-0.05, 0) is 26.7 Å². The van der Waals surface area contributed by atoms with E-state index in [-0.39, 0.29) is 6.10 Å². The highest BCUT2D eigenvalue weighted by Crippen LogP contribution is 2.13. The predicted molar refractivity (Wildman–Crippen MR) is 69.0 cm³/mol. The number of aromatic nitrogens is 2. The van der Waals surface area contributed by atoms with E-state index in [9.17, 15) is 9.59 Å². The van der Waals surface area contributed by atoms with E-state index in [1.807, 2.05) is 0 Å². The lowest BCUT2D eigenvalue weighted by atomic mass is 10.1. The molecule has 19 heavy (non-hydrogen) atoms. The standard InChI is InChI=1S/C13H19N3O3/c1-8-11(9(2)16(3)15-8)12(17)13(18)14-7-10-5-4-6-19-10/h10H,4-7H2,1-3H3,(H,14,18). The summed E-state index contributed by atoms with van der Waals surface area (Å²) in [4.78, 5) is 24.0. The van der Waals surface area contributed by atoms with E-state index < -0.39 is 11.7 Å². The van der Waals surface area contributed by atoms with Crippen LogP contribution in [-0.2, 0) is 16.6 Å². The topological polar surface area (TPSA) is 73.2 Å². The average molecular weight is 265 g/mol. The number of nitrogens with zero attached hydrogens (tertiary/aromatic N) is 2. The van der Waals surface area contributed by atoms with E-state index in [4.69, 9.17) is 4.74 Å². The third-order valence-corrected chi connectivity index (χ3v) is 3.46. The minimum Gasteiger partial charge on any atom is -0.376 e. The molecule has 1 aliphatic rings. The van der Waals surface area contributed by atoms with E-state index in [1.165, 1.54) is 0 Å². The van der Waals surface area contributed by atoms with Crippen LogP contribution in [0.4, 0.5) is 0 Å². The van der Waals surface area contributed by atoms with Crippen LogP contribution >= 0.6 is 0 Å². The van der Waals surface area contributed by atoms with Gasteiger partial charge in [-0.3, -0.25) is 14.3 Å². The maximum atomic E-state index is 12.1. The molecular formula is C13H19N3O3. The Morgan fingerprint density at radius 1 is 1.47 bits per heavy atom. The fourth-order valence-corrected chi connectivity index (χ4v) is 2.31. The number of hydrogen-bond acceptors (Lipinski definition) is 4. The zero-order chi connectivity index (χ0) is 14.0. The number of ether oxygens (including phenoxy) is 1. The number of hydrogen-bond donors (Lipinski definition) is 1. The van der Waals surface area contributed by atoms with Crippen LogP contribution in [-0.4, -0.2) is 40.7 Å². The number of rotatable bonds is 4. The number of Topliss-reactive ketones (excluding diaryl/α,β-unsaturated/α-hetero) is 1. The minimum atomic E-state index is -0.588. The highest BCUT2D eigenvalue weighted by atomic mass is 16.5. The summed E-state index contributed by atoms with van der Waals surface area (Å²) in [5.74, 6) is -1.12. The van der Waals surface area contributed by atoms with Crippen LogP contribution in [0.3, 0.4) is 0 Å². The summed E-state index contributed by atoms with van der Waals surface area (Å²) in [5.41, 5.74) is 1.68. The molecule has 0 spiro atoms. The Balaban J connectivity index is 2.00. The van der Waals surface area contributed by atoms with Gasteiger partial charge in [-0.2, -0.15) is 5.10 Å². The van der Waals surface area contributed by atoms with Gasteiger partial charge < -0.3 is 10.1 Å². The van der Waals surface area contributed by atoms with Crippen molar-refractivity contribution in [2.45, 2.75) is 32.8 Å².